The van der Waals surface area contributed by atoms with Crippen LogP contribution in [0.4, 0.5) is 4.39 Å². The van der Waals surface area contributed by atoms with Gasteiger partial charge in [0.25, 0.3) is 5.91 Å². The fourth-order valence-corrected chi connectivity index (χ4v) is 2.27. The molecule has 0 spiro atoms. The van der Waals surface area contributed by atoms with E-state index in [4.69, 9.17) is 11.6 Å². The lowest BCUT2D eigenvalue weighted by molar-refractivity contribution is 0.0887. The second-order valence-corrected chi connectivity index (χ2v) is 5.30. The van der Waals surface area contributed by atoms with Gasteiger partial charge in [-0.2, -0.15) is 0 Å². The van der Waals surface area contributed by atoms with Crippen molar-refractivity contribution >= 4 is 29.9 Å². The normalized spacial score (nSPS) is 17.4. The van der Waals surface area contributed by atoms with Gasteiger partial charge in [-0.1, -0.05) is 11.6 Å². The molecule has 0 aromatic heterocycles. The molecule has 2 N–H and O–H groups in total. The van der Waals surface area contributed by atoms with E-state index >= 15 is 0 Å². The van der Waals surface area contributed by atoms with Crippen LogP contribution in [0.3, 0.4) is 0 Å². The molecule has 106 valence electrons. The first kappa shape index (κ1) is 16.2. The average Bonchev–Trinajstić information content (AvgIpc) is 2.33. The van der Waals surface area contributed by atoms with Gasteiger partial charge >= 0.3 is 0 Å². The van der Waals surface area contributed by atoms with Crippen LogP contribution in [0.5, 0.6) is 0 Å². The van der Waals surface area contributed by atoms with E-state index in [1.54, 1.807) is 0 Å². The summed E-state index contributed by atoms with van der Waals surface area (Å²) < 4.78 is 13.0. The third-order valence-corrected chi connectivity index (χ3v) is 3.59. The molecule has 19 heavy (non-hydrogen) atoms. The van der Waals surface area contributed by atoms with Crippen molar-refractivity contribution in [2.45, 2.75) is 25.3 Å². The minimum Gasteiger partial charge on any atom is -0.347 e. The Balaban J connectivity index is 0.00000180. The van der Waals surface area contributed by atoms with E-state index in [9.17, 15) is 9.18 Å². The van der Waals surface area contributed by atoms with Crippen molar-refractivity contribution in [3.63, 3.8) is 0 Å². The predicted molar refractivity (Wildman–Crippen MR) is 76.6 cm³/mol. The van der Waals surface area contributed by atoms with Crippen molar-refractivity contribution in [2.75, 3.05) is 13.1 Å². The number of hydrogen-bond acceptors (Lipinski definition) is 2. The Kier molecular flexibility index (Phi) is 5.59. The van der Waals surface area contributed by atoms with Crippen LogP contribution in [-0.2, 0) is 0 Å². The van der Waals surface area contributed by atoms with Crippen LogP contribution in [0, 0.1) is 5.82 Å². The first-order valence-corrected chi connectivity index (χ1v) is 6.36. The molecule has 0 saturated carbocycles. The Hall–Kier alpha value is -0.840. The third kappa shape index (κ3) is 4.06. The summed E-state index contributed by atoms with van der Waals surface area (Å²) in [5.41, 5.74) is 0.185. The van der Waals surface area contributed by atoms with Crippen molar-refractivity contribution in [1.82, 2.24) is 10.6 Å². The molecule has 1 saturated heterocycles. The van der Waals surface area contributed by atoms with Crippen molar-refractivity contribution in [3.8, 4) is 0 Å². The topological polar surface area (TPSA) is 41.1 Å². The monoisotopic (exact) mass is 306 g/mol. The Morgan fingerprint density at radius 1 is 1.42 bits per heavy atom. The van der Waals surface area contributed by atoms with E-state index in [0.717, 1.165) is 25.9 Å². The van der Waals surface area contributed by atoms with E-state index in [-0.39, 0.29) is 28.9 Å². The van der Waals surface area contributed by atoms with E-state index in [2.05, 4.69) is 10.6 Å². The third-order valence-electron chi connectivity index (χ3n) is 3.30. The lowest BCUT2D eigenvalue weighted by Crippen LogP contribution is -2.52. The van der Waals surface area contributed by atoms with Gasteiger partial charge < -0.3 is 10.6 Å². The van der Waals surface area contributed by atoms with Crippen molar-refractivity contribution < 1.29 is 9.18 Å². The van der Waals surface area contributed by atoms with Crippen molar-refractivity contribution in [2.24, 2.45) is 0 Å². The number of carbonyl (C=O) groups is 1. The van der Waals surface area contributed by atoms with Gasteiger partial charge in [-0.3, -0.25) is 4.79 Å². The first-order valence-electron chi connectivity index (χ1n) is 5.98. The first-order chi connectivity index (χ1) is 8.50. The Bertz CT molecular complexity index is 462. The van der Waals surface area contributed by atoms with E-state index in [0.29, 0.717) is 5.56 Å². The average molecular weight is 307 g/mol. The molecule has 1 amide bonds. The highest BCUT2D eigenvalue weighted by Gasteiger charge is 2.28. The molecule has 2 rings (SSSR count). The molecule has 1 aromatic rings. The highest BCUT2D eigenvalue weighted by Crippen LogP contribution is 2.20. The van der Waals surface area contributed by atoms with Gasteiger partial charge in [0.05, 0.1) is 5.02 Å². The lowest BCUT2D eigenvalue weighted by Gasteiger charge is -2.35. The van der Waals surface area contributed by atoms with Gasteiger partial charge in [-0.05, 0) is 51.1 Å². The molecule has 3 nitrogen and oxygen atoms in total. The van der Waals surface area contributed by atoms with Gasteiger partial charge in [0.15, 0.2) is 0 Å². The maximum absolute atomic E-state index is 13.0. The fourth-order valence-electron chi connectivity index (χ4n) is 2.09. The fraction of sp³-hybridized carbons (Fsp3) is 0.462. The number of amides is 1. The van der Waals surface area contributed by atoms with Gasteiger partial charge in [-0.15, -0.1) is 12.4 Å². The molecular weight excluding hydrogens is 290 g/mol. The smallest absolute Gasteiger partial charge is 0.251 e. The van der Waals surface area contributed by atoms with Crippen LogP contribution in [0.25, 0.3) is 0 Å². The number of rotatable bonds is 2. The molecule has 1 fully saturated rings. The highest BCUT2D eigenvalue weighted by molar-refractivity contribution is 6.31. The summed E-state index contributed by atoms with van der Waals surface area (Å²) >= 11 is 5.67. The molecular formula is C13H17Cl2FN2O. The number of benzene rings is 1. The van der Waals surface area contributed by atoms with Crippen LogP contribution in [0.15, 0.2) is 18.2 Å². The number of hydrogen-bond donors (Lipinski definition) is 2. The van der Waals surface area contributed by atoms with Gasteiger partial charge in [0, 0.05) is 11.1 Å². The van der Waals surface area contributed by atoms with Crippen LogP contribution in [-0.4, -0.2) is 24.5 Å². The van der Waals surface area contributed by atoms with Crippen LogP contribution in [0.1, 0.15) is 30.1 Å². The maximum Gasteiger partial charge on any atom is 0.251 e. The summed E-state index contributed by atoms with van der Waals surface area (Å²) in [7, 11) is 0. The molecule has 0 unspecified atom stereocenters. The molecule has 6 heteroatoms. The van der Waals surface area contributed by atoms with Gasteiger partial charge in [0.2, 0.25) is 0 Å². The highest BCUT2D eigenvalue weighted by atomic mass is 35.5. The van der Waals surface area contributed by atoms with Crippen LogP contribution < -0.4 is 10.6 Å². The zero-order valence-corrected chi connectivity index (χ0v) is 12.2. The largest absolute Gasteiger partial charge is 0.347 e. The van der Waals surface area contributed by atoms with Gasteiger partial charge in [-0.25, -0.2) is 4.39 Å². The second-order valence-electron chi connectivity index (χ2n) is 4.89. The zero-order chi connectivity index (χ0) is 13.2. The summed E-state index contributed by atoms with van der Waals surface area (Å²) in [5, 5.41) is 6.22. The SMILES string of the molecule is CC1(NC(=O)c2ccc(F)c(Cl)c2)CCNCC1.Cl. The predicted octanol–water partition coefficient (Wildman–Crippen LogP) is 2.77. The molecule has 1 aliphatic rings. The summed E-state index contributed by atoms with van der Waals surface area (Å²) in [6.45, 7) is 3.80. The quantitative estimate of drug-likeness (QED) is 0.882. The Morgan fingerprint density at radius 2 is 2.05 bits per heavy atom. The number of piperidine rings is 1. The number of nitrogens with one attached hydrogen (secondary N) is 2. The Morgan fingerprint density at radius 3 is 2.63 bits per heavy atom. The molecule has 0 radical (unpaired) electrons. The minimum absolute atomic E-state index is 0. The maximum atomic E-state index is 13.0. The zero-order valence-electron chi connectivity index (χ0n) is 10.6. The molecule has 0 bridgehead atoms. The van der Waals surface area contributed by atoms with Crippen LogP contribution >= 0.6 is 24.0 Å². The molecule has 0 atom stereocenters. The van der Waals surface area contributed by atoms with E-state index in [1.807, 2.05) is 6.92 Å². The van der Waals surface area contributed by atoms with Crippen LogP contribution in [0.2, 0.25) is 5.02 Å². The summed E-state index contributed by atoms with van der Waals surface area (Å²) in [6, 6.07) is 4.01. The van der Waals surface area contributed by atoms with Crippen molar-refractivity contribution in [1.29, 1.82) is 0 Å². The second kappa shape index (κ2) is 6.55. The van der Waals surface area contributed by atoms with E-state index in [1.165, 1.54) is 18.2 Å². The lowest BCUT2D eigenvalue weighted by atomic mass is 9.90. The molecule has 1 aromatic carbocycles. The van der Waals surface area contributed by atoms with E-state index < -0.39 is 5.82 Å². The molecule has 1 heterocycles. The standard InChI is InChI=1S/C13H16ClFN2O.ClH/c1-13(4-6-16-7-5-13)17-12(18)9-2-3-11(15)10(14)8-9;/h2-3,8,16H,4-7H2,1H3,(H,17,18);1H. The van der Waals surface area contributed by atoms with Gasteiger partial charge in [0.1, 0.15) is 5.82 Å². The molecule has 1 aliphatic heterocycles. The summed E-state index contributed by atoms with van der Waals surface area (Å²) in [4.78, 5) is 12.1. The minimum atomic E-state index is -0.513. The number of halogens is 3. The Labute approximate surface area is 123 Å². The summed E-state index contributed by atoms with van der Waals surface area (Å²) in [5.74, 6) is -0.720. The van der Waals surface area contributed by atoms with Crippen molar-refractivity contribution in [3.05, 3.63) is 34.6 Å². The summed E-state index contributed by atoms with van der Waals surface area (Å²) in [6.07, 6.45) is 1.77. The number of carbonyl (C=O) groups excluding carboxylic acids is 1. The molecule has 0 aliphatic carbocycles.